The van der Waals surface area contributed by atoms with Gasteiger partial charge in [-0.25, -0.2) is 0 Å². The number of carbonyl (C=O) groups is 3. The molecular weight excluding hydrogens is 605 g/mol. The van der Waals surface area contributed by atoms with Crippen molar-refractivity contribution in [3.8, 4) is 0 Å². The quantitative estimate of drug-likeness (QED) is 0.152. The minimum atomic E-state index is -4.49. The van der Waals surface area contributed by atoms with Crippen LogP contribution < -0.4 is 0 Å². The van der Waals surface area contributed by atoms with Crippen molar-refractivity contribution in [3.05, 3.63) is 0 Å². The van der Waals surface area contributed by atoms with Crippen LogP contribution in [0, 0.1) is 0 Å². The van der Waals surface area contributed by atoms with Crippen LogP contribution in [-0.4, -0.2) is 74.6 Å². The van der Waals surface area contributed by atoms with Crippen molar-refractivity contribution in [2.75, 3.05) is 0 Å². The van der Waals surface area contributed by atoms with Gasteiger partial charge in [0.1, 0.15) is 0 Å². The third-order valence-electron chi connectivity index (χ3n) is 4.55. The molecule has 0 aliphatic carbocycles. The van der Waals surface area contributed by atoms with E-state index in [1.54, 1.807) is 0 Å². The van der Waals surface area contributed by atoms with Crippen molar-refractivity contribution in [2.24, 2.45) is 0 Å². The normalized spacial score (nSPS) is 14.0. The number of rotatable bonds is 18. The summed E-state index contributed by atoms with van der Waals surface area (Å²) in [5.41, 5.74) is 0. The monoisotopic (exact) mass is 644 g/mol. The predicted octanol–water partition coefficient (Wildman–Crippen LogP) is 2.42. The summed E-state index contributed by atoms with van der Waals surface area (Å²) in [6, 6.07) is 0. The fraction of sp³-hybridized carbons (Fsp3) is 0.857. The van der Waals surface area contributed by atoms with Gasteiger partial charge < -0.3 is 0 Å². The van der Waals surface area contributed by atoms with Gasteiger partial charge in [-0.15, -0.1) is 0 Å². The van der Waals surface area contributed by atoms with Crippen LogP contribution in [-0.2, 0) is 22.8 Å². The third-order valence-corrected chi connectivity index (χ3v) is 8.39. The zero-order valence-corrected chi connectivity index (χ0v) is 22.4. The summed E-state index contributed by atoms with van der Waals surface area (Å²) in [5, 5.41) is 29.8. The first-order valence-electron chi connectivity index (χ1n) is 11.3. The molecule has 0 aromatic carbocycles. The van der Waals surface area contributed by atoms with Crippen LogP contribution in [0.1, 0.15) is 97.8 Å². The molecule has 0 fully saturated rings. The van der Waals surface area contributed by atoms with Gasteiger partial charge in [-0.2, -0.15) is 0 Å². The molecule has 3 unspecified atom stereocenters. The molecule has 0 aliphatic rings. The third kappa shape index (κ3) is 14.8. The summed E-state index contributed by atoms with van der Waals surface area (Å²) >= 11 is -4.49. The van der Waals surface area contributed by atoms with Crippen molar-refractivity contribution in [3.63, 3.8) is 0 Å². The molecule has 0 saturated carbocycles. The number of hydrogen-bond donors (Lipinski definition) is 3. The number of carbonyl (C=O) groups excluding carboxylic acids is 3. The molecule has 0 saturated heterocycles. The van der Waals surface area contributed by atoms with Crippen molar-refractivity contribution in [1.29, 1.82) is 0 Å². The molecule has 10 heteroatoms. The van der Waals surface area contributed by atoms with E-state index in [0.717, 1.165) is 38.5 Å². The van der Waals surface area contributed by atoms with Crippen LogP contribution in [0.2, 0.25) is 0 Å². The van der Waals surface area contributed by atoms with Crippen molar-refractivity contribution in [2.45, 2.75) is 116 Å². The molecule has 0 rings (SSSR count). The van der Waals surface area contributed by atoms with E-state index >= 15 is 0 Å². The van der Waals surface area contributed by atoms with Gasteiger partial charge in [0.05, 0.1) is 0 Å². The average Bonchev–Trinajstić information content (AvgIpc) is 2.73. The Balaban J connectivity index is 4.96. The maximum atomic E-state index is 12.1. The summed E-state index contributed by atoms with van der Waals surface area (Å²) in [6.45, 7) is 5.94. The molecule has 0 amide bonds. The summed E-state index contributed by atoms with van der Waals surface area (Å²) in [7, 11) is 0. The van der Waals surface area contributed by atoms with Gasteiger partial charge >= 0.3 is 195 Å². The topological polar surface area (TPSA) is 140 Å². The molecule has 31 heavy (non-hydrogen) atoms. The van der Waals surface area contributed by atoms with Gasteiger partial charge in [0.2, 0.25) is 0 Å². The second-order valence-electron chi connectivity index (χ2n) is 7.49. The fourth-order valence-corrected chi connectivity index (χ4v) is 6.14. The number of hydrogen-bond acceptors (Lipinski definition) is 9. The van der Waals surface area contributed by atoms with Gasteiger partial charge in [-0.3, -0.25) is 0 Å². The standard InChI is InChI=1S/3C7H14O3.Bi/c3*1-2-3-4-5-6(8)7(9)10;/h3*6,8H,2-5H2,1H3,(H,9,10);/q;;;+3/p-3. The van der Waals surface area contributed by atoms with Gasteiger partial charge in [0.15, 0.2) is 0 Å². The van der Waals surface area contributed by atoms with Gasteiger partial charge in [0, 0.05) is 0 Å². The van der Waals surface area contributed by atoms with Crippen LogP contribution in [0.3, 0.4) is 0 Å². The van der Waals surface area contributed by atoms with Crippen molar-refractivity contribution in [1.82, 2.24) is 0 Å². The van der Waals surface area contributed by atoms with Crippen LogP contribution in [0.4, 0.5) is 0 Å². The molecule has 0 spiro atoms. The zero-order valence-electron chi connectivity index (χ0n) is 19.0. The second-order valence-corrected chi connectivity index (χ2v) is 11.4. The maximum absolute atomic E-state index is 12.1. The molecule has 0 heterocycles. The average molecular weight is 645 g/mol. The Labute approximate surface area is 195 Å². The zero-order chi connectivity index (χ0) is 23.6. The van der Waals surface area contributed by atoms with Crippen LogP contribution in [0.5, 0.6) is 0 Å². The molecule has 9 nitrogen and oxygen atoms in total. The van der Waals surface area contributed by atoms with Crippen molar-refractivity contribution >= 4 is 41.0 Å². The van der Waals surface area contributed by atoms with E-state index in [1.165, 1.54) is 0 Å². The van der Waals surface area contributed by atoms with E-state index in [0.29, 0.717) is 19.3 Å². The van der Waals surface area contributed by atoms with Crippen LogP contribution in [0.15, 0.2) is 0 Å². The van der Waals surface area contributed by atoms with Gasteiger partial charge in [-0.1, -0.05) is 0 Å². The van der Waals surface area contributed by atoms with E-state index in [9.17, 15) is 29.7 Å². The molecule has 182 valence electrons. The van der Waals surface area contributed by atoms with Crippen LogP contribution >= 0.6 is 0 Å². The Bertz CT molecular complexity index is 444. The van der Waals surface area contributed by atoms with Crippen molar-refractivity contribution < 1.29 is 38.1 Å². The Hall–Kier alpha value is -0.827. The van der Waals surface area contributed by atoms with E-state index in [2.05, 4.69) is 0 Å². The van der Waals surface area contributed by atoms with E-state index in [1.807, 2.05) is 20.8 Å². The van der Waals surface area contributed by atoms with Gasteiger partial charge in [-0.05, 0) is 0 Å². The first-order valence-corrected chi connectivity index (χ1v) is 15.5. The summed E-state index contributed by atoms with van der Waals surface area (Å²) in [4.78, 5) is 36.4. The summed E-state index contributed by atoms with van der Waals surface area (Å²) in [6.07, 6.45) is 3.27. The molecule has 0 radical (unpaired) electrons. The summed E-state index contributed by atoms with van der Waals surface area (Å²) < 4.78 is 15.1. The Morgan fingerprint density at radius 2 is 0.839 bits per heavy atom. The molecule has 0 aliphatic heterocycles. The Morgan fingerprint density at radius 3 is 1.06 bits per heavy atom. The van der Waals surface area contributed by atoms with Gasteiger partial charge in [0.25, 0.3) is 0 Å². The second kappa shape index (κ2) is 18.7. The molecule has 3 atom stereocenters. The summed E-state index contributed by atoms with van der Waals surface area (Å²) in [5.74, 6) is -3.10. The number of aliphatic hydroxyl groups is 3. The molecular formula is C21H39BiO9. The molecule has 3 N–H and O–H groups in total. The van der Waals surface area contributed by atoms with E-state index in [4.69, 9.17) is 8.44 Å². The molecule has 0 aromatic rings. The number of unbranched alkanes of at least 4 members (excludes halogenated alkanes) is 6. The van der Waals surface area contributed by atoms with Crippen LogP contribution in [0.25, 0.3) is 0 Å². The first-order chi connectivity index (χ1) is 14.8. The minimum absolute atomic E-state index is 0.172. The SMILES string of the molecule is CCCCCC(O)C(=O)[O][Bi]([O]C(=O)C(O)CCCCC)[O]C(=O)C(O)CCCCC. The molecule has 0 aromatic heterocycles. The number of aliphatic hydroxyl groups excluding tert-OH is 3. The first kappa shape index (κ1) is 30.2. The predicted molar refractivity (Wildman–Crippen MR) is 114 cm³/mol. The fourth-order valence-electron chi connectivity index (χ4n) is 2.58. The Morgan fingerprint density at radius 1 is 0.581 bits per heavy atom. The van der Waals surface area contributed by atoms with E-state index < -0.39 is 59.3 Å². The molecule has 0 bridgehead atoms. The Kier molecular flexibility index (Phi) is 18.2. The van der Waals surface area contributed by atoms with E-state index in [-0.39, 0.29) is 19.3 Å².